The third-order valence-electron chi connectivity index (χ3n) is 3.75. The Kier molecular flexibility index (Phi) is 2.94. The Hall–Kier alpha value is -0.0151. The van der Waals surface area contributed by atoms with E-state index in [1.54, 1.807) is 0 Å². The highest BCUT2D eigenvalue weighted by Gasteiger charge is 2.35. The summed E-state index contributed by atoms with van der Waals surface area (Å²) in [6.07, 6.45) is 5.03. The van der Waals surface area contributed by atoms with Gasteiger partial charge in [0.1, 0.15) is 7.28 Å². The first-order valence-electron chi connectivity index (χ1n) is 5.71. The van der Waals surface area contributed by atoms with Crippen LogP contribution in [0, 0.1) is 5.92 Å². The zero-order valence-electron chi connectivity index (χ0n) is 8.58. The lowest BCUT2D eigenvalue weighted by Crippen LogP contribution is -2.45. The Labute approximate surface area is 81.6 Å². The third kappa shape index (κ3) is 1.91. The molecule has 0 aromatic rings. The molecular weight excluding hydrogens is 161 g/mol. The van der Waals surface area contributed by atoms with Crippen LogP contribution >= 0.6 is 0 Å². The standard InChI is InChI=1S/C10H20BNO/c1-8-2-3-9(10(8)13)12-6-4-11-5-7-12/h8-11,13H,2-7H2,1H3/t8-,9?,10-/m1/s1. The van der Waals surface area contributed by atoms with Crippen LogP contribution in [0.3, 0.4) is 0 Å². The SMILES string of the molecule is C[C@@H]1CCC(N2CCBCC2)[C@@H]1O. The normalized spacial score (nSPS) is 41.8. The van der Waals surface area contributed by atoms with E-state index in [4.69, 9.17) is 0 Å². The molecule has 0 radical (unpaired) electrons. The van der Waals surface area contributed by atoms with Crippen LogP contribution in [0.2, 0.25) is 12.6 Å². The van der Waals surface area contributed by atoms with Crippen molar-refractivity contribution < 1.29 is 5.11 Å². The number of aliphatic hydroxyl groups is 1. The minimum absolute atomic E-state index is 0.0573. The van der Waals surface area contributed by atoms with Gasteiger partial charge in [-0.25, -0.2) is 0 Å². The number of hydrogen-bond acceptors (Lipinski definition) is 2. The van der Waals surface area contributed by atoms with E-state index in [0.717, 1.165) is 0 Å². The fourth-order valence-corrected chi connectivity index (χ4v) is 2.80. The van der Waals surface area contributed by atoms with Crippen LogP contribution in [0.5, 0.6) is 0 Å². The summed E-state index contributed by atoms with van der Waals surface area (Å²) < 4.78 is 0. The maximum absolute atomic E-state index is 9.97. The van der Waals surface area contributed by atoms with Gasteiger partial charge in [0.15, 0.2) is 0 Å². The Bertz CT molecular complexity index is 170. The number of hydrogen-bond donors (Lipinski definition) is 1. The molecule has 0 bridgehead atoms. The lowest BCUT2D eigenvalue weighted by Gasteiger charge is -2.34. The summed E-state index contributed by atoms with van der Waals surface area (Å²) in [5.74, 6) is 0.520. The second kappa shape index (κ2) is 4.01. The molecule has 3 heteroatoms. The minimum Gasteiger partial charge on any atom is -0.391 e. The van der Waals surface area contributed by atoms with Gasteiger partial charge in [-0.3, -0.25) is 4.90 Å². The number of rotatable bonds is 1. The second-order valence-corrected chi connectivity index (χ2v) is 4.71. The predicted octanol–water partition coefficient (Wildman–Crippen LogP) is 0.734. The topological polar surface area (TPSA) is 23.5 Å². The van der Waals surface area contributed by atoms with Crippen LogP contribution in [-0.2, 0) is 0 Å². The van der Waals surface area contributed by atoms with E-state index < -0.39 is 0 Å². The molecule has 74 valence electrons. The van der Waals surface area contributed by atoms with Crippen molar-refractivity contribution in [2.75, 3.05) is 13.1 Å². The van der Waals surface area contributed by atoms with Crippen LogP contribution in [0.4, 0.5) is 0 Å². The third-order valence-corrected chi connectivity index (χ3v) is 3.75. The largest absolute Gasteiger partial charge is 0.391 e. The average Bonchev–Trinajstić information content (AvgIpc) is 2.49. The van der Waals surface area contributed by atoms with Gasteiger partial charge in [0, 0.05) is 6.04 Å². The van der Waals surface area contributed by atoms with Crippen molar-refractivity contribution in [1.82, 2.24) is 4.90 Å². The predicted molar refractivity (Wildman–Crippen MR) is 56.5 cm³/mol. The van der Waals surface area contributed by atoms with Gasteiger partial charge in [-0.05, 0) is 31.8 Å². The second-order valence-electron chi connectivity index (χ2n) is 4.71. The molecule has 2 fully saturated rings. The smallest absolute Gasteiger partial charge is 0.123 e. The molecule has 1 saturated heterocycles. The molecule has 0 aromatic heterocycles. The molecule has 1 heterocycles. The van der Waals surface area contributed by atoms with Gasteiger partial charge < -0.3 is 5.11 Å². The van der Waals surface area contributed by atoms with Crippen molar-refractivity contribution in [1.29, 1.82) is 0 Å². The molecule has 2 nitrogen and oxygen atoms in total. The van der Waals surface area contributed by atoms with Crippen molar-refractivity contribution in [2.24, 2.45) is 5.92 Å². The van der Waals surface area contributed by atoms with Crippen LogP contribution < -0.4 is 0 Å². The summed E-state index contributed by atoms with van der Waals surface area (Å²) >= 11 is 0. The van der Waals surface area contributed by atoms with E-state index in [1.807, 2.05) is 0 Å². The van der Waals surface area contributed by atoms with E-state index in [2.05, 4.69) is 11.8 Å². The van der Waals surface area contributed by atoms with Gasteiger partial charge in [0.05, 0.1) is 6.10 Å². The molecular formula is C10H20BNO. The van der Waals surface area contributed by atoms with Gasteiger partial charge in [0.2, 0.25) is 0 Å². The lowest BCUT2D eigenvalue weighted by atomic mass is 9.68. The summed E-state index contributed by atoms with van der Waals surface area (Å²) in [7, 11) is 1.38. The molecule has 2 aliphatic rings. The first kappa shape index (κ1) is 9.54. The van der Waals surface area contributed by atoms with Gasteiger partial charge in [-0.1, -0.05) is 19.6 Å². The fourth-order valence-electron chi connectivity index (χ4n) is 2.80. The summed E-state index contributed by atoms with van der Waals surface area (Å²) in [4.78, 5) is 2.51. The Morgan fingerprint density at radius 2 is 1.92 bits per heavy atom. The number of nitrogens with zero attached hydrogens (tertiary/aromatic N) is 1. The van der Waals surface area contributed by atoms with Crippen molar-refractivity contribution >= 4 is 7.28 Å². The summed E-state index contributed by atoms with van der Waals surface area (Å²) in [5.41, 5.74) is 0. The zero-order chi connectivity index (χ0) is 9.26. The van der Waals surface area contributed by atoms with Gasteiger partial charge in [-0.15, -0.1) is 0 Å². The molecule has 0 aromatic carbocycles. The summed E-state index contributed by atoms with van der Waals surface area (Å²) in [5, 5.41) is 9.97. The fraction of sp³-hybridized carbons (Fsp3) is 1.00. The van der Waals surface area contributed by atoms with E-state index in [9.17, 15) is 5.11 Å². The molecule has 1 aliphatic carbocycles. The molecule has 1 saturated carbocycles. The van der Waals surface area contributed by atoms with Gasteiger partial charge in [0.25, 0.3) is 0 Å². The van der Waals surface area contributed by atoms with Crippen LogP contribution in [-0.4, -0.2) is 42.5 Å². The van der Waals surface area contributed by atoms with Crippen molar-refractivity contribution in [3.8, 4) is 0 Å². The van der Waals surface area contributed by atoms with Crippen molar-refractivity contribution in [3.63, 3.8) is 0 Å². The van der Waals surface area contributed by atoms with Crippen LogP contribution in [0.15, 0.2) is 0 Å². The first-order valence-corrected chi connectivity index (χ1v) is 5.71. The Balaban J connectivity index is 1.92. The van der Waals surface area contributed by atoms with Gasteiger partial charge in [-0.2, -0.15) is 0 Å². The first-order chi connectivity index (χ1) is 6.29. The highest BCUT2D eigenvalue weighted by molar-refractivity contribution is 6.35. The summed E-state index contributed by atoms with van der Waals surface area (Å²) in [6.45, 7) is 4.61. The molecule has 1 aliphatic heterocycles. The maximum Gasteiger partial charge on any atom is 0.123 e. The molecule has 0 amide bonds. The number of aliphatic hydroxyl groups excluding tert-OH is 1. The summed E-state index contributed by atoms with van der Waals surface area (Å²) in [6, 6.07) is 0.482. The molecule has 2 rings (SSSR count). The molecule has 3 atom stereocenters. The van der Waals surface area contributed by atoms with Gasteiger partial charge >= 0.3 is 0 Å². The average molecular weight is 181 g/mol. The maximum atomic E-state index is 9.97. The molecule has 0 spiro atoms. The minimum atomic E-state index is -0.0573. The van der Waals surface area contributed by atoms with Crippen molar-refractivity contribution in [2.45, 2.75) is 44.6 Å². The van der Waals surface area contributed by atoms with E-state index in [-0.39, 0.29) is 6.10 Å². The van der Waals surface area contributed by atoms with Crippen LogP contribution in [0.1, 0.15) is 19.8 Å². The van der Waals surface area contributed by atoms with Crippen LogP contribution in [0.25, 0.3) is 0 Å². The van der Waals surface area contributed by atoms with E-state index >= 15 is 0 Å². The van der Waals surface area contributed by atoms with E-state index in [0.29, 0.717) is 12.0 Å². The zero-order valence-corrected chi connectivity index (χ0v) is 8.58. The quantitative estimate of drug-likeness (QED) is 0.603. The molecule has 1 unspecified atom stereocenters. The highest BCUT2D eigenvalue weighted by Crippen LogP contribution is 2.30. The Morgan fingerprint density at radius 3 is 2.46 bits per heavy atom. The Morgan fingerprint density at radius 1 is 1.23 bits per heavy atom. The van der Waals surface area contributed by atoms with Crippen molar-refractivity contribution in [3.05, 3.63) is 0 Å². The van der Waals surface area contributed by atoms with E-state index in [1.165, 1.54) is 45.9 Å². The monoisotopic (exact) mass is 181 g/mol. The highest BCUT2D eigenvalue weighted by atomic mass is 16.3. The molecule has 13 heavy (non-hydrogen) atoms. The lowest BCUT2D eigenvalue weighted by molar-refractivity contribution is 0.0530. The molecule has 1 N–H and O–H groups in total.